The number of non-ortho nitro benzene ring substituents is 1. The molecule has 0 aliphatic carbocycles. The maximum atomic E-state index is 12.6. The van der Waals surface area contributed by atoms with Crippen LogP contribution in [0.1, 0.15) is 22.2 Å². The van der Waals surface area contributed by atoms with Crippen molar-refractivity contribution in [2.45, 2.75) is 37.0 Å². The molecule has 2 aliphatic rings. The van der Waals surface area contributed by atoms with Crippen molar-refractivity contribution >= 4 is 11.7 Å². The number of aliphatic hydroxyl groups is 1. The Hall–Kier alpha value is -2.89. The first-order valence-corrected chi connectivity index (χ1v) is 9.61. The minimum Gasteiger partial charge on any atom is -0.450 e. The summed E-state index contributed by atoms with van der Waals surface area (Å²) < 4.78 is 28.1. The van der Waals surface area contributed by atoms with Crippen molar-refractivity contribution in [3.05, 3.63) is 75.8 Å². The second-order valence-corrected chi connectivity index (χ2v) is 7.12. The molecule has 0 unspecified atom stereocenters. The predicted octanol–water partition coefficient (Wildman–Crippen LogP) is 1.97. The molecule has 10 nitrogen and oxygen atoms in total. The predicted molar refractivity (Wildman–Crippen MR) is 104 cm³/mol. The molecule has 2 heterocycles. The van der Waals surface area contributed by atoms with Crippen molar-refractivity contribution in [3.63, 3.8) is 0 Å². The number of ether oxygens (including phenoxy) is 5. The van der Waals surface area contributed by atoms with Crippen molar-refractivity contribution < 1.29 is 38.5 Å². The molecule has 2 aromatic carbocycles. The number of hydrogen-bond acceptors (Lipinski definition) is 9. The lowest BCUT2D eigenvalue weighted by Crippen LogP contribution is -2.63. The van der Waals surface area contributed by atoms with E-state index in [0.717, 1.165) is 5.56 Å². The average molecular weight is 431 g/mol. The molecule has 0 spiro atoms. The lowest BCUT2D eigenvalue weighted by atomic mass is 9.97. The highest BCUT2D eigenvalue weighted by molar-refractivity contribution is 5.89. The number of nitro benzene ring substituents is 1. The van der Waals surface area contributed by atoms with Gasteiger partial charge in [0.1, 0.15) is 18.3 Å². The van der Waals surface area contributed by atoms with Crippen LogP contribution in [0.3, 0.4) is 0 Å². The first-order valence-electron chi connectivity index (χ1n) is 9.61. The summed E-state index contributed by atoms with van der Waals surface area (Å²) in [5, 5.41) is 21.7. The van der Waals surface area contributed by atoms with Gasteiger partial charge in [0.15, 0.2) is 18.7 Å². The van der Waals surface area contributed by atoms with Gasteiger partial charge in [0.05, 0.1) is 17.1 Å². The van der Waals surface area contributed by atoms with Gasteiger partial charge in [0.2, 0.25) is 0 Å². The lowest BCUT2D eigenvalue weighted by molar-refractivity contribution is -0.384. The number of nitro groups is 1. The molecular weight excluding hydrogens is 410 g/mol. The molecule has 4 rings (SSSR count). The van der Waals surface area contributed by atoms with Gasteiger partial charge in [0, 0.05) is 24.8 Å². The summed E-state index contributed by atoms with van der Waals surface area (Å²) in [5.74, 6) is -0.783. The van der Waals surface area contributed by atoms with E-state index in [1.807, 2.05) is 30.3 Å². The first-order chi connectivity index (χ1) is 15.0. The number of fused-ring (bicyclic) bond motifs is 1. The van der Waals surface area contributed by atoms with Crippen LogP contribution in [0, 0.1) is 10.1 Å². The van der Waals surface area contributed by atoms with E-state index in [1.165, 1.54) is 31.4 Å². The van der Waals surface area contributed by atoms with E-state index in [-0.39, 0.29) is 17.9 Å². The maximum Gasteiger partial charge on any atom is 0.338 e. The second kappa shape index (κ2) is 9.08. The van der Waals surface area contributed by atoms with Crippen LogP contribution >= 0.6 is 0 Å². The monoisotopic (exact) mass is 431 g/mol. The number of carbonyl (C=O) groups is 1. The van der Waals surface area contributed by atoms with Crippen LogP contribution < -0.4 is 0 Å². The van der Waals surface area contributed by atoms with Crippen LogP contribution in [0.15, 0.2) is 54.6 Å². The van der Waals surface area contributed by atoms with Crippen molar-refractivity contribution in [2.75, 3.05) is 13.7 Å². The Balaban J connectivity index is 1.49. The fraction of sp³-hybridized carbons (Fsp3) is 0.381. The van der Waals surface area contributed by atoms with Crippen LogP contribution in [0.5, 0.6) is 0 Å². The molecule has 2 saturated heterocycles. The van der Waals surface area contributed by atoms with Crippen LogP contribution in [0.2, 0.25) is 0 Å². The number of esters is 1. The van der Waals surface area contributed by atoms with E-state index >= 15 is 0 Å². The van der Waals surface area contributed by atoms with Gasteiger partial charge in [-0.1, -0.05) is 30.3 Å². The fourth-order valence-electron chi connectivity index (χ4n) is 3.57. The van der Waals surface area contributed by atoms with Crippen LogP contribution in [-0.4, -0.2) is 60.4 Å². The molecule has 0 radical (unpaired) electrons. The molecule has 1 N–H and O–H groups in total. The zero-order valence-electron chi connectivity index (χ0n) is 16.5. The summed E-state index contributed by atoms with van der Waals surface area (Å²) >= 11 is 0. The quantitative estimate of drug-likeness (QED) is 0.429. The molecule has 0 bridgehead atoms. The number of nitrogens with zero attached hydrogens (tertiary/aromatic N) is 1. The van der Waals surface area contributed by atoms with Gasteiger partial charge in [-0.3, -0.25) is 10.1 Å². The smallest absolute Gasteiger partial charge is 0.338 e. The Bertz CT molecular complexity index is 920. The summed E-state index contributed by atoms with van der Waals surface area (Å²) in [6.07, 6.45) is -5.61. The molecular formula is C21H21NO9. The maximum absolute atomic E-state index is 12.6. The number of rotatable bonds is 5. The zero-order chi connectivity index (χ0) is 22.0. The number of carbonyl (C=O) groups excluding carboxylic acids is 1. The molecule has 10 heteroatoms. The Morgan fingerprint density at radius 2 is 1.84 bits per heavy atom. The fourth-order valence-corrected chi connectivity index (χ4v) is 3.57. The van der Waals surface area contributed by atoms with E-state index in [9.17, 15) is 20.0 Å². The van der Waals surface area contributed by atoms with E-state index in [1.54, 1.807) is 0 Å². The topological polar surface area (TPSA) is 127 Å². The summed E-state index contributed by atoms with van der Waals surface area (Å²) in [4.78, 5) is 22.8. The Morgan fingerprint density at radius 3 is 2.48 bits per heavy atom. The third-order valence-electron chi connectivity index (χ3n) is 5.17. The molecule has 2 fully saturated rings. The molecule has 2 aliphatic heterocycles. The van der Waals surface area contributed by atoms with Crippen LogP contribution in [0.25, 0.3) is 0 Å². The van der Waals surface area contributed by atoms with Gasteiger partial charge in [-0.25, -0.2) is 4.79 Å². The average Bonchev–Trinajstić information content (AvgIpc) is 2.81. The minimum atomic E-state index is -1.25. The second-order valence-electron chi connectivity index (χ2n) is 7.12. The number of benzene rings is 2. The number of methoxy groups -OCH3 is 1. The molecule has 164 valence electrons. The van der Waals surface area contributed by atoms with E-state index in [4.69, 9.17) is 23.7 Å². The molecule has 6 atom stereocenters. The summed E-state index contributed by atoms with van der Waals surface area (Å²) in [6, 6.07) is 14.2. The Kier molecular flexibility index (Phi) is 6.25. The number of hydrogen-bond donors (Lipinski definition) is 1. The molecule has 0 aromatic heterocycles. The lowest BCUT2D eigenvalue weighted by Gasteiger charge is -2.46. The summed E-state index contributed by atoms with van der Waals surface area (Å²) in [5.41, 5.74) is 0.712. The van der Waals surface area contributed by atoms with E-state index in [0.29, 0.717) is 0 Å². The Labute approximate surface area is 177 Å². The van der Waals surface area contributed by atoms with Gasteiger partial charge in [0.25, 0.3) is 5.69 Å². The van der Waals surface area contributed by atoms with Crippen molar-refractivity contribution in [3.8, 4) is 0 Å². The highest BCUT2D eigenvalue weighted by Crippen LogP contribution is 2.35. The number of aliphatic hydroxyl groups excluding tert-OH is 1. The van der Waals surface area contributed by atoms with Gasteiger partial charge in [-0.15, -0.1) is 0 Å². The van der Waals surface area contributed by atoms with Crippen molar-refractivity contribution in [1.82, 2.24) is 0 Å². The van der Waals surface area contributed by atoms with Gasteiger partial charge < -0.3 is 28.8 Å². The molecule has 31 heavy (non-hydrogen) atoms. The van der Waals surface area contributed by atoms with E-state index in [2.05, 4.69) is 0 Å². The largest absolute Gasteiger partial charge is 0.450 e. The zero-order valence-corrected chi connectivity index (χ0v) is 16.5. The van der Waals surface area contributed by atoms with Crippen LogP contribution in [-0.2, 0) is 23.7 Å². The third kappa shape index (κ3) is 4.43. The van der Waals surface area contributed by atoms with Gasteiger partial charge >= 0.3 is 5.97 Å². The highest BCUT2D eigenvalue weighted by Gasteiger charge is 2.51. The molecule has 0 amide bonds. The normalized spacial score (nSPS) is 30.3. The van der Waals surface area contributed by atoms with Gasteiger partial charge in [-0.05, 0) is 12.1 Å². The van der Waals surface area contributed by atoms with Gasteiger partial charge in [-0.2, -0.15) is 0 Å². The van der Waals surface area contributed by atoms with Crippen molar-refractivity contribution in [1.29, 1.82) is 0 Å². The highest BCUT2D eigenvalue weighted by atomic mass is 16.8. The third-order valence-corrected chi connectivity index (χ3v) is 5.17. The van der Waals surface area contributed by atoms with E-state index < -0.39 is 47.9 Å². The standard InChI is InChI=1S/C21H21NO9/c1-27-21-18(30-19(24)12-7-9-14(10-8-12)22(25)26)16(23)17-15(29-21)11-28-20(31-17)13-5-3-2-4-6-13/h2-10,15-18,20-21,23H,11H2,1H3/t15-,16+,17+,18-,20-,21+/m1/s1. The summed E-state index contributed by atoms with van der Waals surface area (Å²) in [7, 11) is 1.36. The molecule has 2 aromatic rings. The first kappa shape index (κ1) is 21.3. The molecule has 0 saturated carbocycles. The Morgan fingerprint density at radius 1 is 1.13 bits per heavy atom. The van der Waals surface area contributed by atoms with Crippen LogP contribution in [0.4, 0.5) is 5.69 Å². The summed E-state index contributed by atoms with van der Waals surface area (Å²) in [6.45, 7) is 0.157. The SMILES string of the molecule is CO[C@H]1O[C@@H]2CO[C@@H](c3ccccc3)O[C@@H]2[C@H](O)[C@H]1OC(=O)c1ccc([N+](=O)[O-])cc1. The minimum absolute atomic E-state index is 0.0878. The van der Waals surface area contributed by atoms with Crippen molar-refractivity contribution in [2.24, 2.45) is 0 Å².